The molecule has 1 amide bonds. The maximum absolute atomic E-state index is 12.6. The van der Waals surface area contributed by atoms with Gasteiger partial charge in [0.25, 0.3) is 5.91 Å². The molecule has 0 bridgehead atoms. The van der Waals surface area contributed by atoms with E-state index in [2.05, 4.69) is 20.2 Å². The number of para-hydroxylation sites is 1. The first-order chi connectivity index (χ1) is 13.2. The highest BCUT2D eigenvalue weighted by molar-refractivity contribution is 5.92. The number of likely N-dealkylation sites (tertiary alicyclic amines) is 1. The van der Waals surface area contributed by atoms with Crippen LogP contribution in [-0.2, 0) is 0 Å². The van der Waals surface area contributed by atoms with Gasteiger partial charge in [-0.2, -0.15) is 10.1 Å². The summed E-state index contributed by atoms with van der Waals surface area (Å²) < 4.78 is 5.88. The maximum Gasteiger partial charge on any atom is 0.271 e. The minimum Gasteiger partial charge on any atom is -0.439 e. The van der Waals surface area contributed by atoms with Crippen LogP contribution in [0.2, 0.25) is 0 Å². The molecule has 0 radical (unpaired) electrons. The van der Waals surface area contributed by atoms with Crippen molar-refractivity contribution in [1.29, 1.82) is 0 Å². The molecule has 1 aromatic carbocycles. The summed E-state index contributed by atoms with van der Waals surface area (Å²) in [6, 6.07) is 13.1. The van der Waals surface area contributed by atoms with Crippen molar-refractivity contribution in [3.05, 3.63) is 65.9 Å². The van der Waals surface area contributed by atoms with E-state index in [1.54, 1.807) is 12.3 Å². The minimum absolute atomic E-state index is 0.0365. The highest BCUT2D eigenvalue weighted by Gasteiger charge is 2.28. The molecule has 138 valence electrons. The van der Waals surface area contributed by atoms with Gasteiger partial charge in [0, 0.05) is 37.0 Å². The number of rotatable bonds is 4. The third kappa shape index (κ3) is 3.97. The fourth-order valence-corrected chi connectivity index (χ4v) is 3.32. The topological polar surface area (TPSA) is 84.0 Å². The number of ether oxygens (including phenoxy) is 1. The number of amides is 1. The molecule has 1 aliphatic heterocycles. The van der Waals surface area contributed by atoms with E-state index in [0.29, 0.717) is 18.1 Å². The zero-order valence-corrected chi connectivity index (χ0v) is 15.1. The van der Waals surface area contributed by atoms with Crippen molar-refractivity contribution in [1.82, 2.24) is 25.1 Å². The van der Waals surface area contributed by atoms with Crippen molar-refractivity contribution in [2.45, 2.75) is 25.7 Å². The molecule has 7 nitrogen and oxygen atoms in total. The number of aryl methyl sites for hydroxylation is 1. The number of aromatic nitrogens is 4. The summed E-state index contributed by atoms with van der Waals surface area (Å²) in [6.45, 7) is 3.25. The van der Waals surface area contributed by atoms with Crippen molar-refractivity contribution in [2.24, 2.45) is 0 Å². The van der Waals surface area contributed by atoms with Crippen molar-refractivity contribution in [2.75, 3.05) is 13.1 Å². The Labute approximate surface area is 157 Å². The fraction of sp³-hybridized carbons (Fsp3) is 0.300. The van der Waals surface area contributed by atoms with Crippen LogP contribution in [0.3, 0.4) is 0 Å². The number of benzene rings is 1. The van der Waals surface area contributed by atoms with E-state index in [-0.39, 0.29) is 11.8 Å². The molecule has 1 fully saturated rings. The summed E-state index contributed by atoms with van der Waals surface area (Å²) in [7, 11) is 0. The van der Waals surface area contributed by atoms with E-state index < -0.39 is 0 Å². The van der Waals surface area contributed by atoms with Crippen LogP contribution in [0.25, 0.3) is 0 Å². The van der Waals surface area contributed by atoms with Gasteiger partial charge < -0.3 is 9.64 Å². The SMILES string of the molecule is Cc1cc(Oc2ccccc2)nc(C2CCCN(C(=O)c3ccn[nH]3)C2)n1. The molecule has 1 aliphatic rings. The van der Waals surface area contributed by atoms with Gasteiger partial charge in [0.05, 0.1) is 0 Å². The van der Waals surface area contributed by atoms with Gasteiger partial charge >= 0.3 is 0 Å². The average Bonchev–Trinajstić information content (AvgIpc) is 3.23. The normalized spacial score (nSPS) is 16.9. The van der Waals surface area contributed by atoms with Gasteiger partial charge in [0.2, 0.25) is 5.88 Å². The van der Waals surface area contributed by atoms with E-state index >= 15 is 0 Å². The predicted octanol–water partition coefficient (Wildman–Crippen LogP) is 3.32. The van der Waals surface area contributed by atoms with Crippen LogP contribution >= 0.6 is 0 Å². The minimum atomic E-state index is -0.0365. The fourth-order valence-electron chi connectivity index (χ4n) is 3.32. The Morgan fingerprint density at radius 3 is 2.85 bits per heavy atom. The predicted molar refractivity (Wildman–Crippen MR) is 99.8 cm³/mol. The molecular formula is C20H21N5O2. The molecule has 0 aliphatic carbocycles. The lowest BCUT2D eigenvalue weighted by molar-refractivity contribution is 0.0698. The number of nitrogens with one attached hydrogen (secondary N) is 1. The lowest BCUT2D eigenvalue weighted by Crippen LogP contribution is -2.39. The molecule has 1 saturated heterocycles. The van der Waals surface area contributed by atoms with Crippen LogP contribution in [-0.4, -0.2) is 44.1 Å². The third-order valence-corrected chi connectivity index (χ3v) is 4.62. The van der Waals surface area contributed by atoms with E-state index in [1.165, 1.54) is 0 Å². The van der Waals surface area contributed by atoms with Gasteiger partial charge in [0.15, 0.2) is 0 Å². The lowest BCUT2D eigenvalue weighted by Gasteiger charge is -2.31. The number of carbonyl (C=O) groups excluding carboxylic acids is 1. The Balaban J connectivity index is 1.53. The molecule has 1 atom stereocenters. The molecule has 1 unspecified atom stereocenters. The maximum atomic E-state index is 12.6. The highest BCUT2D eigenvalue weighted by Crippen LogP contribution is 2.28. The van der Waals surface area contributed by atoms with Crippen LogP contribution in [0.4, 0.5) is 0 Å². The number of aromatic amines is 1. The monoisotopic (exact) mass is 363 g/mol. The Bertz CT molecular complexity index is 911. The molecule has 3 heterocycles. The standard InChI is InChI=1S/C20H21N5O2/c1-14-12-18(27-16-7-3-2-4-8-16)23-19(22-14)15-6-5-11-25(13-15)20(26)17-9-10-21-24-17/h2-4,7-10,12,15H,5-6,11,13H2,1H3,(H,21,24). The molecule has 27 heavy (non-hydrogen) atoms. The van der Waals surface area contributed by atoms with Gasteiger partial charge in [-0.1, -0.05) is 18.2 Å². The van der Waals surface area contributed by atoms with Crippen LogP contribution < -0.4 is 4.74 Å². The largest absolute Gasteiger partial charge is 0.439 e. The second-order valence-corrected chi connectivity index (χ2v) is 6.68. The Kier molecular flexibility index (Phi) is 4.82. The van der Waals surface area contributed by atoms with Gasteiger partial charge in [-0.25, -0.2) is 4.98 Å². The number of hydrogen-bond donors (Lipinski definition) is 1. The quantitative estimate of drug-likeness (QED) is 0.769. The summed E-state index contributed by atoms with van der Waals surface area (Å²) in [5.41, 5.74) is 1.36. The number of nitrogens with zero attached hydrogens (tertiary/aromatic N) is 4. The van der Waals surface area contributed by atoms with E-state index in [0.717, 1.165) is 36.7 Å². The van der Waals surface area contributed by atoms with Gasteiger partial charge in [-0.15, -0.1) is 0 Å². The molecule has 0 spiro atoms. The smallest absolute Gasteiger partial charge is 0.271 e. The summed E-state index contributed by atoms with van der Waals surface area (Å²) in [5.74, 6) is 2.04. The van der Waals surface area contributed by atoms with Gasteiger partial charge in [-0.05, 0) is 38.0 Å². The lowest BCUT2D eigenvalue weighted by atomic mass is 9.96. The van der Waals surface area contributed by atoms with Crippen LogP contribution in [0, 0.1) is 6.92 Å². The van der Waals surface area contributed by atoms with Crippen molar-refractivity contribution in [3.8, 4) is 11.6 Å². The Morgan fingerprint density at radius 1 is 1.22 bits per heavy atom. The van der Waals surface area contributed by atoms with Crippen molar-refractivity contribution >= 4 is 5.91 Å². The van der Waals surface area contributed by atoms with Crippen LogP contribution in [0.1, 0.15) is 40.8 Å². The van der Waals surface area contributed by atoms with Gasteiger partial charge in [0.1, 0.15) is 17.3 Å². The first kappa shape index (κ1) is 17.2. The van der Waals surface area contributed by atoms with Crippen molar-refractivity contribution < 1.29 is 9.53 Å². The van der Waals surface area contributed by atoms with E-state index in [9.17, 15) is 4.79 Å². The molecular weight excluding hydrogens is 342 g/mol. The van der Waals surface area contributed by atoms with Gasteiger partial charge in [-0.3, -0.25) is 9.89 Å². The highest BCUT2D eigenvalue weighted by atomic mass is 16.5. The summed E-state index contributed by atoms with van der Waals surface area (Å²) >= 11 is 0. The first-order valence-corrected chi connectivity index (χ1v) is 9.06. The zero-order valence-electron chi connectivity index (χ0n) is 15.1. The van der Waals surface area contributed by atoms with E-state index in [4.69, 9.17) is 4.74 Å². The molecule has 2 aromatic heterocycles. The molecule has 7 heteroatoms. The van der Waals surface area contributed by atoms with E-state index in [1.807, 2.05) is 48.2 Å². The third-order valence-electron chi connectivity index (χ3n) is 4.62. The molecule has 3 aromatic rings. The second kappa shape index (κ2) is 7.57. The zero-order chi connectivity index (χ0) is 18.6. The molecule has 0 saturated carbocycles. The number of H-pyrrole nitrogens is 1. The Morgan fingerprint density at radius 2 is 2.07 bits per heavy atom. The first-order valence-electron chi connectivity index (χ1n) is 9.06. The Hall–Kier alpha value is -3.22. The second-order valence-electron chi connectivity index (χ2n) is 6.68. The summed E-state index contributed by atoms with van der Waals surface area (Å²) in [6.07, 6.45) is 3.45. The number of carbonyl (C=O) groups is 1. The van der Waals surface area contributed by atoms with Crippen LogP contribution in [0.15, 0.2) is 48.7 Å². The van der Waals surface area contributed by atoms with Crippen LogP contribution in [0.5, 0.6) is 11.6 Å². The van der Waals surface area contributed by atoms with Crippen molar-refractivity contribution in [3.63, 3.8) is 0 Å². The average molecular weight is 363 g/mol. The summed E-state index contributed by atoms with van der Waals surface area (Å²) in [5, 5.41) is 6.61. The molecule has 1 N–H and O–H groups in total. The summed E-state index contributed by atoms with van der Waals surface area (Å²) in [4.78, 5) is 23.7. The number of hydrogen-bond acceptors (Lipinski definition) is 5. The number of piperidine rings is 1. The molecule has 4 rings (SSSR count).